The summed E-state index contributed by atoms with van der Waals surface area (Å²) in [5, 5.41) is 0. The summed E-state index contributed by atoms with van der Waals surface area (Å²) in [6, 6.07) is 26.9. The Kier molecular flexibility index (Phi) is 3.98. The van der Waals surface area contributed by atoms with Gasteiger partial charge in [-0.1, -0.05) is 66.7 Å². The highest BCUT2D eigenvalue weighted by molar-refractivity contribution is 7.80. The van der Waals surface area contributed by atoms with E-state index in [9.17, 15) is 0 Å². The van der Waals surface area contributed by atoms with Crippen LogP contribution in [0.1, 0.15) is 22.6 Å². The smallest absolute Gasteiger partial charge is 0.0367 e. The molecule has 0 fully saturated rings. The molecule has 0 saturated heterocycles. The minimum atomic E-state index is 0.140. The predicted molar refractivity (Wildman–Crippen MR) is 91.9 cm³/mol. The number of thiol groups is 1. The number of hydrogen-bond donors (Lipinski definition) is 2. The lowest BCUT2D eigenvalue weighted by Crippen LogP contribution is -2.06. The van der Waals surface area contributed by atoms with Crippen molar-refractivity contribution >= 4 is 18.3 Å². The molecule has 104 valence electrons. The van der Waals surface area contributed by atoms with E-state index in [1.165, 1.54) is 11.1 Å². The molecule has 0 aromatic heterocycles. The Bertz CT molecular complexity index is 684. The van der Waals surface area contributed by atoms with Gasteiger partial charge in [0.2, 0.25) is 0 Å². The third-order valence-corrected chi connectivity index (χ3v) is 3.93. The van der Waals surface area contributed by atoms with Crippen molar-refractivity contribution in [2.75, 3.05) is 5.73 Å². The molecule has 0 aliphatic heterocycles. The number of rotatable bonds is 3. The van der Waals surface area contributed by atoms with Crippen LogP contribution in [0.2, 0.25) is 0 Å². The van der Waals surface area contributed by atoms with E-state index in [1.54, 1.807) is 0 Å². The van der Waals surface area contributed by atoms with Crippen molar-refractivity contribution in [1.82, 2.24) is 0 Å². The molecule has 3 rings (SSSR count). The minimum Gasteiger partial charge on any atom is -0.398 e. The molecule has 1 nitrogen and oxygen atoms in total. The van der Waals surface area contributed by atoms with E-state index in [0.29, 0.717) is 0 Å². The molecule has 0 atom stereocenters. The Morgan fingerprint density at radius 3 is 1.71 bits per heavy atom. The molecule has 0 saturated carbocycles. The number of nitrogen functional groups attached to an aromatic ring is 1. The van der Waals surface area contributed by atoms with Crippen molar-refractivity contribution in [2.24, 2.45) is 0 Å². The van der Waals surface area contributed by atoms with Crippen LogP contribution in [0.5, 0.6) is 0 Å². The SMILES string of the molecule is Nc1cc(S)ccc1C(c1ccccc1)c1ccccc1. The molecule has 2 heteroatoms. The van der Waals surface area contributed by atoms with Gasteiger partial charge in [0.15, 0.2) is 0 Å². The molecule has 0 unspecified atom stereocenters. The van der Waals surface area contributed by atoms with Crippen LogP contribution in [0.15, 0.2) is 83.8 Å². The first kappa shape index (κ1) is 13.8. The van der Waals surface area contributed by atoms with Crippen LogP contribution in [0.4, 0.5) is 5.69 Å². The Morgan fingerprint density at radius 2 is 1.24 bits per heavy atom. The summed E-state index contributed by atoms with van der Waals surface area (Å²) in [6.45, 7) is 0. The van der Waals surface area contributed by atoms with Crippen molar-refractivity contribution in [3.63, 3.8) is 0 Å². The van der Waals surface area contributed by atoms with Crippen molar-refractivity contribution in [3.8, 4) is 0 Å². The lowest BCUT2D eigenvalue weighted by Gasteiger charge is -2.20. The first-order chi connectivity index (χ1) is 10.3. The highest BCUT2D eigenvalue weighted by Crippen LogP contribution is 2.35. The molecule has 0 amide bonds. The molecule has 0 radical (unpaired) electrons. The van der Waals surface area contributed by atoms with Crippen LogP contribution in [-0.2, 0) is 0 Å². The molecule has 3 aromatic rings. The van der Waals surface area contributed by atoms with Crippen LogP contribution in [-0.4, -0.2) is 0 Å². The highest BCUT2D eigenvalue weighted by Gasteiger charge is 2.18. The second kappa shape index (κ2) is 6.06. The van der Waals surface area contributed by atoms with Crippen molar-refractivity contribution in [3.05, 3.63) is 95.6 Å². The second-order valence-electron chi connectivity index (χ2n) is 5.07. The Balaban J connectivity index is 2.17. The van der Waals surface area contributed by atoms with Gasteiger partial charge in [0.25, 0.3) is 0 Å². The van der Waals surface area contributed by atoms with Gasteiger partial charge in [-0.2, -0.15) is 0 Å². The molecule has 0 aliphatic rings. The van der Waals surface area contributed by atoms with Crippen molar-refractivity contribution in [1.29, 1.82) is 0 Å². The van der Waals surface area contributed by atoms with Crippen LogP contribution in [0, 0.1) is 0 Å². The predicted octanol–water partition coefficient (Wildman–Crippen LogP) is 4.74. The third-order valence-electron chi connectivity index (χ3n) is 3.65. The van der Waals surface area contributed by atoms with Crippen molar-refractivity contribution in [2.45, 2.75) is 10.8 Å². The number of anilines is 1. The first-order valence-electron chi connectivity index (χ1n) is 6.94. The van der Waals surface area contributed by atoms with Crippen LogP contribution < -0.4 is 5.73 Å². The summed E-state index contributed by atoms with van der Waals surface area (Å²) in [5.41, 5.74) is 10.6. The molecule has 0 heterocycles. The third kappa shape index (κ3) is 2.96. The normalized spacial score (nSPS) is 10.8. The standard InChI is InChI=1S/C19H17NS/c20-18-13-16(21)11-12-17(18)19(14-7-3-1-4-8-14)15-9-5-2-6-10-15/h1-13,19,21H,20H2. The number of nitrogens with two attached hydrogens (primary N) is 1. The van der Waals surface area contributed by atoms with E-state index in [0.717, 1.165) is 16.1 Å². The molecule has 0 aliphatic carbocycles. The Labute approximate surface area is 130 Å². The highest BCUT2D eigenvalue weighted by atomic mass is 32.1. The van der Waals surface area contributed by atoms with Gasteiger partial charge < -0.3 is 5.73 Å². The zero-order valence-corrected chi connectivity index (χ0v) is 12.5. The topological polar surface area (TPSA) is 26.0 Å². The zero-order chi connectivity index (χ0) is 14.7. The van der Waals surface area contributed by atoms with Crippen LogP contribution in [0.25, 0.3) is 0 Å². The van der Waals surface area contributed by atoms with Gasteiger partial charge in [0, 0.05) is 16.5 Å². The maximum absolute atomic E-state index is 6.25. The van der Waals surface area contributed by atoms with Crippen molar-refractivity contribution < 1.29 is 0 Å². The molecular weight excluding hydrogens is 274 g/mol. The Hall–Kier alpha value is -2.19. The summed E-state index contributed by atoms with van der Waals surface area (Å²) in [4.78, 5) is 0.885. The van der Waals surface area contributed by atoms with Gasteiger partial charge in [0.05, 0.1) is 0 Å². The van der Waals surface area contributed by atoms with E-state index in [2.05, 4.69) is 67.2 Å². The van der Waals surface area contributed by atoms with Crippen LogP contribution >= 0.6 is 12.6 Å². The van der Waals surface area contributed by atoms with E-state index >= 15 is 0 Å². The fourth-order valence-corrected chi connectivity index (χ4v) is 2.88. The monoisotopic (exact) mass is 291 g/mol. The van der Waals surface area contributed by atoms with Gasteiger partial charge in [-0.05, 0) is 28.8 Å². The maximum atomic E-state index is 6.25. The van der Waals surface area contributed by atoms with E-state index in [4.69, 9.17) is 5.73 Å². The average Bonchev–Trinajstić information content (AvgIpc) is 2.52. The number of benzene rings is 3. The average molecular weight is 291 g/mol. The zero-order valence-electron chi connectivity index (χ0n) is 11.6. The molecule has 2 N–H and O–H groups in total. The second-order valence-corrected chi connectivity index (χ2v) is 5.58. The van der Waals surface area contributed by atoms with Gasteiger partial charge in [-0.15, -0.1) is 12.6 Å². The summed E-state index contributed by atoms with van der Waals surface area (Å²) in [7, 11) is 0. The summed E-state index contributed by atoms with van der Waals surface area (Å²) >= 11 is 4.36. The quantitative estimate of drug-likeness (QED) is 0.407. The molecule has 0 bridgehead atoms. The maximum Gasteiger partial charge on any atom is 0.0367 e. The summed E-state index contributed by atoms with van der Waals surface area (Å²) in [5.74, 6) is 0.140. The summed E-state index contributed by atoms with van der Waals surface area (Å²) < 4.78 is 0. The van der Waals surface area contributed by atoms with Gasteiger partial charge in [0.1, 0.15) is 0 Å². The summed E-state index contributed by atoms with van der Waals surface area (Å²) in [6.07, 6.45) is 0. The Morgan fingerprint density at radius 1 is 0.714 bits per heavy atom. The fourth-order valence-electron chi connectivity index (χ4n) is 2.67. The van der Waals surface area contributed by atoms with E-state index in [-0.39, 0.29) is 5.92 Å². The van der Waals surface area contributed by atoms with Gasteiger partial charge in [-0.25, -0.2) is 0 Å². The number of hydrogen-bond acceptors (Lipinski definition) is 2. The molecule has 3 aromatic carbocycles. The van der Waals surface area contributed by atoms with E-state index < -0.39 is 0 Å². The molecular formula is C19H17NS. The fraction of sp³-hybridized carbons (Fsp3) is 0.0526. The van der Waals surface area contributed by atoms with Gasteiger partial charge in [-0.3, -0.25) is 0 Å². The van der Waals surface area contributed by atoms with Gasteiger partial charge >= 0.3 is 0 Å². The van der Waals surface area contributed by atoms with Crippen LogP contribution in [0.3, 0.4) is 0 Å². The largest absolute Gasteiger partial charge is 0.398 e. The lowest BCUT2D eigenvalue weighted by atomic mass is 9.84. The lowest BCUT2D eigenvalue weighted by molar-refractivity contribution is 0.978. The minimum absolute atomic E-state index is 0.140. The van der Waals surface area contributed by atoms with E-state index in [1.807, 2.05) is 24.3 Å². The molecule has 0 spiro atoms. The first-order valence-corrected chi connectivity index (χ1v) is 7.38. The molecule has 21 heavy (non-hydrogen) atoms.